The number of rotatable bonds is 8. The Morgan fingerprint density at radius 1 is 1.19 bits per heavy atom. The van der Waals surface area contributed by atoms with Crippen molar-refractivity contribution < 1.29 is 15.1 Å². The molecule has 2 atom stereocenters. The van der Waals surface area contributed by atoms with Crippen LogP contribution in [-0.4, -0.2) is 47.1 Å². The lowest BCUT2D eigenvalue weighted by Gasteiger charge is -2.25. The monoisotopic (exact) mass is 426 g/mol. The summed E-state index contributed by atoms with van der Waals surface area (Å²) in [5, 5.41) is 27.7. The maximum absolute atomic E-state index is 11.4. The van der Waals surface area contributed by atoms with Gasteiger partial charge in [0.2, 0.25) is 0 Å². The summed E-state index contributed by atoms with van der Waals surface area (Å²) in [4.78, 5) is 5.82. The van der Waals surface area contributed by atoms with Crippen LogP contribution in [0.15, 0.2) is 35.4 Å². The highest BCUT2D eigenvalue weighted by Crippen LogP contribution is 2.64. The predicted molar refractivity (Wildman–Crippen MR) is 124 cm³/mol. The van der Waals surface area contributed by atoms with Gasteiger partial charge in [0, 0.05) is 18.7 Å². The summed E-state index contributed by atoms with van der Waals surface area (Å²) >= 11 is 0. The van der Waals surface area contributed by atoms with E-state index in [4.69, 9.17) is 4.84 Å². The molecule has 1 saturated carbocycles. The zero-order valence-electron chi connectivity index (χ0n) is 19.3. The fourth-order valence-corrected chi connectivity index (χ4v) is 5.19. The number of hydrogen-bond acceptors (Lipinski definition) is 5. The Kier molecular flexibility index (Phi) is 6.59. The summed E-state index contributed by atoms with van der Waals surface area (Å²) in [7, 11) is 0. The third-order valence-corrected chi connectivity index (χ3v) is 7.37. The molecule has 1 aromatic rings. The van der Waals surface area contributed by atoms with E-state index in [0.717, 1.165) is 68.6 Å². The molecule has 2 unspecified atom stereocenters. The number of nitrogens with zero attached hydrogens (tertiary/aromatic N) is 1. The zero-order chi connectivity index (χ0) is 22.1. The highest BCUT2D eigenvalue weighted by molar-refractivity contribution is 5.85. The minimum atomic E-state index is -0.836. The first-order valence-electron chi connectivity index (χ1n) is 12.0. The Balaban J connectivity index is 1.65. The molecule has 0 spiro atoms. The van der Waals surface area contributed by atoms with E-state index < -0.39 is 5.60 Å². The van der Waals surface area contributed by atoms with Crippen molar-refractivity contribution in [3.05, 3.63) is 46.5 Å². The van der Waals surface area contributed by atoms with Crippen LogP contribution in [0.2, 0.25) is 0 Å². The van der Waals surface area contributed by atoms with Gasteiger partial charge < -0.3 is 15.5 Å². The molecule has 31 heavy (non-hydrogen) atoms. The Morgan fingerprint density at radius 3 is 2.65 bits per heavy atom. The number of aromatic hydroxyl groups is 1. The second-order valence-corrected chi connectivity index (χ2v) is 9.70. The molecule has 3 N–H and O–H groups in total. The zero-order valence-corrected chi connectivity index (χ0v) is 19.3. The van der Waals surface area contributed by atoms with Gasteiger partial charge in [0.1, 0.15) is 5.75 Å². The first kappa shape index (κ1) is 22.5. The standard InChI is InChI=1S/C26H38N2O3/c1-4-28(5-2)31-18-19-7-8-21(24(29)15-19)22(20-9-11-25(3)17-23(20)25)16-26(30)10-6-13-27-14-12-26/h7-8,15-16,27,29-30H,4-6,9-14,17-18H2,1-3H3/b22-16+. The lowest BCUT2D eigenvalue weighted by molar-refractivity contribution is -0.163. The first-order valence-corrected chi connectivity index (χ1v) is 12.0. The van der Waals surface area contributed by atoms with Crippen LogP contribution in [0.1, 0.15) is 70.4 Å². The van der Waals surface area contributed by atoms with E-state index in [1.165, 1.54) is 17.6 Å². The first-order chi connectivity index (χ1) is 14.9. The number of allylic oxidation sites excluding steroid dienone is 3. The van der Waals surface area contributed by atoms with Crippen LogP contribution >= 0.6 is 0 Å². The molecule has 1 aliphatic heterocycles. The van der Waals surface area contributed by atoms with E-state index >= 15 is 0 Å². The van der Waals surface area contributed by atoms with Gasteiger partial charge in [-0.1, -0.05) is 38.5 Å². The van der Waals surface area contributed by atoms with Gasteiger partial charge in [-0.2, -0.15) is 5.06 Å². The van der Waals surface area contributed by atoms with Crippen molar-refractivity contribution in [3.8, 4) is 5.75 Å². The Labute approximate surface area is 186 Å². The largest absolute Gasteiger partial charge is 0.507 e. The molecule has 5 heteroatoms. The van der Waals surface area contributed by atoms with Gasteiger partial charge in [0.25, 0.3) is 0 Å². The van der Waals surface area contributed by atoms with E-state index in [9.17, 15) is 10.2 Å². The third kappa shape index (κ3) is 4.90. The summed E-state index contributed by atoms with van der Waals surface area (Å²) in [6.45, 7) is 10.3. The SMILES string of the molecule is CCN(CC)OCc1ccc(/C(=C/C2(O)CCCNCC2)C2=C3CC3(C)CC2)c(O)c1. The topological polar surface area (TPSA) is 65.0 Å². The number of aliphatic hydroxyl groups is 1. The number of fused-ring (bicyclic) bond motifs is 1. The Bertz CT molecular complexity index is 863. The lowest BCUT2D eigenvalue weighted by Crippen LogP contribution is -2.27. The van der Waals surface area contributed by atoms with Crippen molar-refractivity contribution >= 4 is 5.57 Å². The molecular weight excluding hydrogens is 388 g/mol. The minimum absolute atomic E-state index is 0.268. The van der Waals surface area contributed by atoms with Gasteiger partial charge in [-0.15, -0.1) is 0 Å². The molecule has 1 aromatic carbocycles. The molecule has 0 bridgehead atoms. The Morgan fingerprint density at radius 2 is 2.00 bits per heavy atom. The summed E-state index contributed by atoms with van der Waals surface area (Å²) in [5.74, 6) is 0.268. The van der Waals surface area contributed by atoms with Crippen LogP contribution in [0.3, 0.4) is 0 Å². The van der Waals surface area contributed by atoms with Crippen LogP contribution < -0.4 is 5.32 Å². The molecule has 3 aliphatic rings. The average Bonchev–Trinajstić information content (AvgIpc) is 3.38. The number of hydroxylamine groups is 2. The van der Waals surface area contributed by atoms with E-state index in [-0.39, 0.29) is 5.75 Å². The number of phenols is 1. The minimum Gasteiger partial charge on any atom is -0.507 e. The molecule has 0 amide bonds. The molecular formula is C26H38N2O3. The van der Waals surface area contributed by atoms with Crippen LogP contribution in [0, 0.1) is 5.41 Å². The number of phenolic OH excluding ortho intramolecular Hbond substituents is 1. The molecule has 4 rings (SSSR count). The van der Waals surface area contributed by atoms with E-state index in [0.29, 0.717) is 18.4 Å². The molecule has 2 fully saturated rings. The molecule has 0 radical (unpaired) electrons. The molecule has 1 heterocycles. The summed E-state index contributed by atoms with van der Waals surface area (Å²) in [6.07, 6.45) is 7.82. The van der Waals surface area contributed by atoms with Gasteiger partial charge in [-0.25, -0.2) is 0 Å². The maximum atomic E-state index is 11.4. The van der Waals surface area contributed by atoms with Crippen LogP contribution in [0.4, 0.5) is 0 Å². The normalized spacial score (nSPS) is 28.7. The predicted octanol–water partition coefficient (Wildman–Crippen LogP) is 4.55. The summed E-state index contributed by atoms with van der Waals surface area (Å²) in [6, 6.07) is 5.86. The van der Waals surface area contributed by atoms with Crippen molar-refractivity contribution in [3.63, 3.8) is 0 Å². The van der Waals surface area contributed by atoms with E-state index in [1.807, 2.05) is 23.3 Å². The number of nitrogens with one attached hydrogen (secondary N) is 1. The average molecular weight is 427 g/mol. The van der Waals surface area contributed by atoms with Crippen molar-refractivity contribution in [1.82, 2.24) is 10.4 Å². The van der Waals surface area contributed by atoms with E-state index in [1.54, 1.807) is 0 Å². The highest BCUT2D eigenvalue weighted by atomic mass is 16.7. The molecule has 1 saturated heterocycles. The van der Waals surface area contributed by atoms with Gasteiger partial charge in [-0.05, 0) is 85.9 Å². The maximum Gasteiger partial charge on any atom is 0.123 e. The lowest BCUT2D eigenvalue weighted by atomic mass is 9.86. The third-order valence-electron chi connectivity index (χ3n) is 7.37. The van der Waals surface area contributed by atoms with Gasteiger partial charge >= 0.3 is 0 Å². The second-order valence-electron chi connectivity index (χ2n) is 9.70. The van der Waals surface area contributed by atoms with Gasteiger partial charge in [-0.3, -0.25) is 4.84 Å². The van der Waals surface area contributed by atoms with Gasteiger partial charge in [0.05, 0.1) is 12.2 Å². The Hall–Kier alpha value is -1.66. The fraction of sp³-hybridized carbons (Fsp3) is 0.615. The van der Waals surface area contributed by atoms with Crippen LogP contribution in [0.25, 0.3) is 5.57 Å². The number of hydrogen-bond donors (Lipinski definition) is 3. The second kappa shape index (κ2) is 9.07. The van der Waals surface area contributed by atoms with Crippen LogP contribution in [0.5, 0.6) is 5.75 Å². The van der Waals surface area contributed by atoms with Crippen LogP contribution in [-0.2, 0) is 11.4 Å². The smallest absolute Gasteiger partial charge is 0.123 e. The number of benzene rings is 1. The highest BCUT2D eigenvalue weighted by Gasteiger charge is 2.50. The molecule has 170 valence electrons. The quantitative estimate of drug-likeness (QED) is 0.532. The van der Waals surface area contributed by atoms with Gasteiger partial charge in [0.15, 0.2) is 0 Å². The van der Waals surface area contributed by atoms with E-state index in [2.05, 4.69) is 32.2 Å². The summed E-state index contributed by atoms with van der Waals surface area (Å²) < 4.78 is 0. The molecule has 2 aliphatic carbocycles. The summed E-state index contributed by atoms with van der Waals surface area (Å²) in [5.41, 5.74) is 5.18. The molecule has 0 aromatic heterocycles. The van der Waals surface area contributed by atoms with Crippen molar-refractivity contribution in [1.29, 1.82) is 0 Å². The van der Waals surface area contributed by atoms with Crippen molar-refractivity contribution in [2.75, 3.05) is 26.2 Å². The fourth-order valence-electron chi connectivity index (χ4n) is 5.19. The molecule has 5 nitrogen and oxygen atoms in total. The van der Waals surface area contributed by atoms with Crippen molar-refractivity contribution in [2.45, 2.75) is 71.5 Å². The van der Waals surface area contributed by atoms with Crippen molar-refractivity contribution in [2.24, 2.45) is 5.41 Å².